The molecule has 80 valence electrons. The molecule has 0 radical (unpaired) electrons. The molecule has 1 aromatic carbocycles. The first-order valence-electron chi connectivity index (χ1n) is 5.02. The fraction of sp³-hybridized carbons (Fsp3) is 0.231. The van der Waals surface area contributed by atoms with Gasteiger partial charge in [0.1, 0.15) is 5.75 Å². The van der Waals surface area contributed by atoms with Crippen LogP contribution in [0.1, 0.15) is 17.5 Å². The molecule has 2 rings (SSSR count). The van der Waals surface area contributed by atoms with Crippen molar-refractivity contribution >= 4 is 11.9 Å². The van der Waals surface area contributed by atoms with Crippen LogP contribution in [0.5, 0.6) is 5.75 Å². The molecule has 1 aliphatic rings. The zero-order valence-electron chi connectivity index (χ0n) is 8.99. The summed E-state index contributed by atoms with van der Waals surface area (Å²) < 4.78 is 5.12. The lowest BCUT2D eigenvalue weighted by Crippen LogP contribution is -2.00. The number of carbonyl (C=O) groups is 1. The molecule has 3 heteroatoms. The number of ether oxygens (including phenoxy) is 1. The highest BCUT2D eigenvalue weighted by molar-refractivity contribution is 6.02. The molecular weight excluding hydrogens is 202 g/mol. The smallest absolute Gasteiger partial charge is 0.173 e. The number of methoxy groups -OCH3 is 1. The molecule has 0 spiro atoms. The number of carbonyl (C=O) groups excluding carboxylic acids is 1. The summed E-state index contributed by atoms with van der Waals surface area (Å²) in [7, 11) is 1.61. The van der Waals surface area contributed by atoms with Crippen molar-refractivity contribution in [3.05, 3.63) is 34.9 Å². The predicted molar refractivity (Wildman–Crippen MR) is 59.9 cm³/mol. The molecular formula is C13H11NO2. The van der Waals surface area contributed by atoms with E-state index in [9.17, 15) is 4.79 Å². The summed E-state index contributed by atoms with van der Waals surface area (Å²) in [6, 6.07) is 7.62. The van der Waals surface area contributed by atoms with E-state index in [1.807, 2.05) is 30.3 Å². The van der Waals surface area contributed by atoms with Crippen LogP contribution in [0, 0.1) is 11.3 Å². The highest BCUT2D eigenvalue weighted by Crippen LogP contribution is 2.29. The van der Waals surface area contributed by atoms with Crippen LogP contribution in [0.4, 0.5) is 0 Å². The van der Waals surface area contributed by atoms with Gasteiger partial charge in [0.05, 0.1) is 19.6 Å². The lowest BCUT2D eigenvalue weighted by molar-refractivity contribution is -0.114. The summed E-state index contributed by atoms with van der Waals surface area (Å²) in [6.45, 7) is 0. The number of nitriles is 1. The summed E-state index contributed by atoms with van der Waals surface area (Å²) in [4.78, 5) is 11.5. The molecule has 0 N–H and O–H groups in total. The molecule has 0 aliphatic heterocycles. The fourth-order valence-corrected chi connectivity index (χ4v) is 1.80. The Morgan fingerprint density at radius 1 is 1.56 bits per heavy atom. The number of hydrogen-bond donors (Lipinski definition) is 0. The van der Waals surface area contributed by atoms with Gasteiger partial charge in [0, 0.05) is 12.0 Å². The van der Waals surface area contributed by atoms with E-state index in [1.165, 1.54) is 0 Å². The first-order valence-corrected chi connectivity index (χ1v) is 5.02. The average molecular weight is 213 g/mol. The second-order valence-corrected chi connectivity index (χ2v) is 3.67. The van der Waals surface area contributed by atoms with Gasteiger partial charge in [-0.1, -0.05) is 6.07 Å². The van der Waals surface area contributed by atoms with Crippen LogP contribution in [0.2, 0.25) is 0 Å². The molecule has 0 saturated heterocycles. The number of hydrogen-bond acceptors (Lipinski definition) is 3. The van der Waals surface area contributed by atoms with Gasteiger partial charge in [-0.2, -0.15) is 5.26 Å². The Morgan fingerprint density at radius 2 is 2.38 bits per heavy atom. The lowest BCUT2D eigenvalue weighted by atomic mass is 10.1. The van der Waals surface area contributed by atoms with Crippen molar-refractivity contribution in [1.82, 2.24) is 0 Å². The number of benzene rings is 1. The second kappa shape index (κ2) is 4.19. The molecule has 0 aromatic heterocycles. The predicted octanol–water partition coefficient (Wildman–Crippen LogP) is 2.12. The van der Waals surface area contributed by atoms with Gasteiger partial charge in [0.2, 0.25) is 0 Å². The van der Waals surface area contributed by atoms with E-state index in [4.69, 9.17) is 10.00 Å². The van der Waals surface area contributed by atoms with Crippen molar-refractivity contribution in [2.75, 3.05) is 7.11 Å². The molecule has 0 unspecified atom stereocenters. The maximum absolute atomic E-state index is 11.5. The first kappa shape index (κ1) is 10.4. The summed E-state index contributed by atoms with van der Waals surface area (Å²) in [5.74, 6) is 0.696. The van der Waals surface area contributed by atoms with Crippen molar-refractivity contribution < 1.29 is 9.53 Å². The highest BCUT2D eigenvalue weighted by Gasteiger charge is 2.18. The van der Waals surface area contributed by atoms with Crippen LogP contribution >= 0.6 is 0 Å². The highest BCUT2D eigenvalue weighted by atomic mass is 16.5. The maximum Gasteiger partial charge on any atom is 0.173 e. The van der Waals surface area contributed by atoms with Crippen LogP contribution < -0.4 is 4.74 Å². The molecule has 0 atom stereocenters. The quantitative estimate of drug-likeness (QED) is 0.772. The zero-order chi connectivity index (χ0) is 11.5. The summed E-state index contributed by atoms with van der Waals surface area (Å²) in [5, 5.41) is 8.48. The third-order valence-electron chi connectivity index (χ3n) is 2.66. The van der Waals surface area contributed by atoms with Crippen LogP contribution in [0.15, 0.2) is 23.8 Å². The Morgan fingerprint density at radius 3 is 3.06 bits per heavy atom. The van der Waals surface area contributed by atoms with Gasteiger partial charge in [0.25, 0.3) is 0 Å². The Balaban J connectivity index is 2.27. The van der Waals surface area contributed by atoms with Gasteiger partial charge in [-0.25, -0.2) is 0 Å². The van der Waals surface area contributed by atoms with Gasteiger partial charge < -0.3 is 4.74 Å². The van der Waals surface area contributed by atoms with Crippen molar-refractivity contribution in [2.45, 2.75) is 12.8 Å². The van der Waals surface area contributed by atoms with E-state index < -0.39 is 0 Å². The molecule has 3 nitrogen and oxygen atoms in total. The normalized spacial score (nSPS) is 12.6. The van der Waals surface area contributed by atoms with Gasteiger partial charge >= 0.3 is 0 Å². The summed E-state index contributed by atoms with van der Waals surface area (Å²) in [5.41, 5.74) is 2.84. The number of nitrogens with zero attached hydrogens (tertiary/aromatic N) is 1. The summed E-state index contributed by atoms with van der Waals surface area (Å²) in [6.07, 6.45) is 2.42. The van der Waals surface area contributed by atoms with Crippen LogP contribution in [-0.4, -0.2) is 12.9 Å². The van der Waals surface area contributed by atoms with E-state index in [1.54, 1.807) is 7.11 Å². The zero-order valence-corrected chi connectivity index (χ0v) is 8.99. The molecule has 16 heavy (non-hydrogen) atoms. The van der Waals surface area contributed by atoms with Crippen LogP contribution in [0.25, 0.3) is 6.08 Å². The molecule has 0 saturated carbocycles. The monoisotopic (exact) mass is 213 g/mol. The Labute approximate surface area is 94.0 Å². The summed E-state index contributed by atoms with van der Waals surface area (Å²) >= 11 is 0. The van der Waals surface area contributed by atoms with E-state index in [-0.39, 0.29) is 12.2 Å². The van der Waals surface area contributed by atoms with Crippen molar-refractivity contribution in [3.8, 4) is 11.8 Å². The Hall–Kier alpha value is -2.08. The van der Waals surface area contributed by atoms with E-state index in [0.29, 0.717) is 12.0 Å². The first-order chi connectivity index (χ1) is 7.74. The minimum absolute atomic E-state index is 0.0447. The van der Waals surface area contributed by atoms with Crippen LogP contribution in [-0.2, 0) is 11.2 Å². The average Bonchev–Trinajstić information content (AvgIpc) is 2.71. The molecule has 1 aromatic rings. The number of ketones is 1. The third-order valence-corrected chi connectivity index (χ3v) is 2.66. The van der Waals surface area contributed by atoms with Crippen LogP contribution in [0.3, 0.4) is 0 Å². The Kier molecular flexibility index (Phi) is 2.74. The molecule has 0 heterocycles. The Bertz CT molecular complexity index is 509. The number of rotatable bonds is 3. The SMILES string of the molecule is COc1ccc2c(c1)C=C(C(=O)CC#N)C2. The number of Topliss-reactive ketones (excluding diaryl/α,β-unsaturated/α-hetero) is 1. The van der Waals surface area contributed by atoms with Crippen molar-refractivity contribution in [3.63, 3.8) is 0 Å². The second-order valence-electron chi connectivity index (χ2n) is 3.67. The van der Waals surface area contributed by atoms with Gasteiger partial charge in [0.15, 0.2) is 5.78 Å². The largest absolute Gasteiger partial charge is 0.497 e. The third kappa shape index (κ3) is 1.82. The van der Waals surface area contributed by atoms with E-state index >= 15 is 0 Å². The molecule has 0 bridgehead atoms. The minimum Gasteiger partial charge on any atom is -0.497 e. The minimum atomic E-state index is -0.0855. The van der Waals surface area contributed by atoms with E-state index in [2.05, 4.69) is 0 Å². The molecule has 0 amide bonds. The maximum atomic E-state index is 11.5. The topological polar surface area (TPSA) is 50.1 Å². The van der Waals surface area contributed by atoms with Crippen molar-refractivity contribution in [1.29, 1.82) is 5.26 Å². The number of allylic oxidation sites excluding steroid dienone is 1. The number of fused-ring (bicyclic) bond motifs is 1. The molecule has 1 aliphatic carbocycles. The van der Waals surface area contributed by atoms with E-state index in [0.717, 1.165) is 16.9 Å². The van der Waals surface area contributed by atoms with Gasteiger partial charge in [-0.15, -0.1) is 0 Å². The lowest BCUT2D eigenvalue weighted by Gasteiger charge is -2.02. The van der Waals surface area contributed by atoms with Gasteiger partial charge in [-0.05, 0) is 29.3 Å². The van der Waals surface area contributed by atoms with Crippen molar-refractivity contribution in [2.24, 2.45) is 0 Å². The van der Waals surface area contributed by atoms with Gasteiger partial charge in [-0.3, -0.25) is 4.79 Å². The standard InChI is InChI=1S/C13H11NO2/c1-16-12-3-2-9-6-11(7-10(9)8-12)13(15)4-5-14/h2-3,7-8H,4,6H2,1H3. The molecule has 0 fully saturated rings. The fourth-order valence-electron chi connectivity index (χ4n) is 1.80.